The van der Waals surface area contributed by atoms with Crippen molar-refractivity contribution in [3.05, 3.63) is 57.6 Å². The summed E-state index contributed by atoms with van der Waals surface area (Å²) >= 11 is 12.0. The third-order valence-corrected chi connectivity index (χ3v) is 3.72. The van der Waals surface area contributed by atoms with Crippen LogP contribution in [0.2, 0.25) is 10.0 Å². The van der Waals surface area contributed by atoms with Crippen molar-refractivity contribution in [2.24, 2.45) is 0 Å². The molecule has 5 heteroatoms. The maximum atomic E-state index is 12.0. The first kappa shape index (κ1) is 15.7. The van der Waals surface area contributed by atoms with E-state index in [1.54, 1.807) is 18.2 Å². The van der Waals surface area contributed by atoms with Crippen LogP contribution in [-0.2, 0) is 4.79 Å². The third kappa shape index (κ3) is 4.38. The minimum atomic E-state index is -0.143. The summed E-state index contributed by atoms with van der Waals surface area (Å²) in [4.78, 5) is 12.0. The summed E-state index contributed by atoms with van der Waals surface area (Å²) in [6.45, 7) is 4.10. The van der Waals surface area contributed by atoms with E-state index in [9.17, 15) is 4.79 Å². The van der Waals surface area contributed by atoms with E-state index in [1.807, 2.05) is 26.0 Å². The van der Waals surface area contributed by atoms with Gasteiger partial charge >= 0.3 is 0 Å². The van der Waals surface area contributed by atoms with Crippen LogP contribution in [0.5, 0.6) is 0 Å². The van der Waals surface area contributed by atoms with Crippen LogP contribution in [0, 0.1) is 13.8 Å². The van der Waals surface area contributed by atoms with E-state index in [-0.39, 0.29) is 12.5 Å². The second-order valence-electron chi connectivity index (χ2n) is 4.88. The zero-order valence-corrected chi connectivity index (χ0v) is 13.3. The fraction of sp³-hybridized carbons (Fsp3) is 0.188. The van der Waals surface area contributed by atoms with Gasteiger partial charge in [-0.1, -0.05) is 35.3 Å². The molecule has 2 rings (SSSR count). The first-order chi connectivity index (χ1) is 9.95. The highest BCUT2D eigenvalue weighted by Crippen LogP contribution is 2.29. The van der Waals surface area contributed by atoms with Gasteiger partial charge in [-0.05, 0) is 49.2 Å². The molecule has 0 unspecified atom stereocenters. The molecular weight excluding hydrogens is 307 g/mol. The number of hydrogen-bond donors (Lipinski definition) is 2. The van der Waals surface area contributed by atoms with Crippen molar-refractivity contribution in [3.63, 3.8) is 0 Å². The largest absolute Gasteiger partial charge is 0.375 e. The zero-order valence-electron chi connectivity index (χ0n) is 11.8. The van der Waals surface area contributed by atoms with Crippen LogP contribution in [0.3, 0.4) is 0 Å². The van der Waals surface area contributed by atoms with Crippen molar-refractivity contribution < 1.29 is 4.79 Å². The summed E-state index contributed by atoms with van der Waals surface area (Å²) in [7, 11) is 0. The fourth-order valence-electron chi connectivity index (χ4n) is 2.07. The van der Waals surface area contributed by atoms with Crippen LogP contribution in [-0.4, -0.2) is 12.5 Å². The minimum Gasteiger partial charge on any atom is -0.375 e. The molecule has 3 nitrogen and oxygen atoms in total. The molecule has 0 aromatic heterocycles. The number of carbonyl (C=O) groups is 1. The lowest BCUT2D eigenvalue weighted by Crippen LogP contribution is -2.22. The number of benzene rings is 2. The summed E-state index contributed by atoms with van der Waals surface area (Å²) in [6, 6.07) is 11.2. The molecule has 1 amide bonds. The fourth-order valence-corrected chi connectivity index (χ4v) is 2.44. The predicted octanol–water partition coefficient (Wildman–Crippen LogP) is 4.66. The highest BCUT2D eigenvalue weighted by atomic mass is 35.5. The predicted molar refractivity (Wildman–Crippen MR) is 89.5 cm³/mol. The minimum absolute atomic E-state index is 0.118. The van der Waals surface area contributed by atoms with Gasteiger partial charge in [0, 0.05) is 5.69 Å². The van der Waals surface area contributed by atoms with Crippen LogP contribution in [0.25, 0.3) is 0 Å². The molecule has 0 bridgehead atoms. The Morgan fingerprint density at radius 1 is 1.10 bits per heavy atom. The summed E-state index contributed by atoms with van der Waals surface area (Å²) in [6.07, 6.45) is 0. The molecule has 0 saturated carbocycles. The maximum Gasteiger partial charge on any atom is 0.243 e. The Morgan fingerprint density at radius 3 is 2.43 bits per heavy atom. The van der Waals surface area contributed by atoms with E-state index in [2.05, 4.69) is 16.7 Å². The van der Waals surface area contributed by atoms with Crippen molar-refractivity contribution in [2.75, 3.05) is 17.2 Å². The second-order valence-corrected chi connectivity index (χ2v) is 5.66. The van der Waals surface area contributed by atoms with Gasteiger partial charge in [-0.2, -0.15) is 0 Å². The van der Waals surface area contributed by atoms with E-state index in [0.29, 0.717) is 15.7 Å². The van der Waals surface area contributed by atoms with Gasteiger partial charge in [0.2, 0.25) is 5.91 Å². The lowest BCUT2D eigenvalue weighted by Gasteiger charge is -2.10. The number of carbonyl (C=O) groups excluding carboxylic acids is 1. The standard InChI is InChI=1S/C16H16Cl2N2O/c1-10-6-11(2)8-12(7-10)20-15(21)9-19-14-5-3-4-13(17)16(14)18/h3-8,19H,9H2,1-2H3,(H,20,21). The van der Waals surface area contributed by atoms with E-state index >= 15 is 0 Å². The summed E-state index contributed by atoms with van der Waals surface area (Å²) in [5, 5.41) is 6.70. The Balaban J connectivity index is 1.97. The van der Waals surface area contributed by atoms with Gasteiger partial charge in [0.05, 0.1) is 22.3 Å². The average molecular weight is 323 g/mol. The lowest BCUT2D eigenvalue weighted by atomic mass is 10.1. The van der Waals surface area contributed by atoms with Gasteiger partial charge in [0.1, 0.15) is 0 Å². The van der Waals surface area contributed by atoms with E-state index in [4.69, 9.17) is 23.2 Å². The topological polar surface area (TPSA) is 41.1 Å². The third-order valence-electron chi connectivity index (χ3n) is 2.90. The maximum absolute atomic E-state index is 12.0. The molecule has 0 radical (unpaired) electrons. The van der Waals surface area contributed by atoms with E-state index < -0.39 is 0 Å². The summed E-state index contributed by atoms with van der Waals surface area (Å²) < 4.78 is 0. The molecule has 0 heterocycles. The molecular formula is C16H16Cl2N2O. The highest BCUT2D eigenvalue weighted by molar-refractivity contribution is 6.43. The highest BCUT2D eigenvalue weighted by Gasteiger charge is 2.07. The van der Waals surface area contributed by atoms with E-state index in [0.717, 1.165) is 16.8 Å². The SMILES string of the molecule is Cc1cc(C)cc(NC(=O)CNc2cccc(Cl)c2Cl)c1. The van der Waals surface area contributed by atoms with Crippen LogP contribution in [0.1, 0.15) is 11.1 Å². The Bertz CT molecular complexity index is 651. The Morgan fingerprint density at radius 2 is 1.76 bits per heavy atom. The van der Waals surface area contributed by atoms with Crippen molar-refractivity contribution in [1.82, 2.24) is 0 Å². The quantitative estimate of drug-likeness (QED) is 0.859. The van der Waals surface area contributed by atoms with Gasteiger partial charge in [-0.25, -0.2) is 0 Å². The zero-order chi connectivity index (χ0) is 15.4. The molecule has 0 aliphatic carbocycles. The molecule has 110 valence electrons. The summed E-state index contributed by atoms with van der Waals surface area (Å²) in [5.74, 6) is -0.143. The van der Waals surface area contributed by atoms with E-state index in [1.165, 1.54) is 0 Å². The average Bonchev–Trinajstić information content (AvgIpc) is 2.39. The number of nitrogens with one attached hydrogen (secondary N) is 2. The van der Waals surface area contributed by atoms with Crippen molar-refractivity contribution in [2.45, 2.75) is 13.8 Å². The molecule has 0 saturated heterocycles. The first-order valence-electron chi connectivity index (χ1n) is 6.52. The number of halogens is 2. The smallest absolute Gasteiger partial charge is 0.243 e. The van der Waals surface area contributed by atoms with Gasteiger partial charge < -0.3 is 10.6 Å². The molecule has 0 aliphatic rings. The molecule has 0 fully saturated rings. The molecule has 21 heavy (non-hydrogen) atoms. The van der Waals surface area contributed by atoms with Gasteiger partial charge in [0.25, 0.3) is 0 Å². The number of hydrogen-bond acceptors (Lipinski definition) is 2. The Kier molecular flexibility index (Phi) is 5.10. The normalized spacial score (nSPS) is 10.3. The lowest BCUT2D eigenvalue weighted by molar-refractivity contribution is -0.114. The molecule has 0 spiro atoms. The number of anilines is 2. The molecule has 2 aromatic carbocycles. The van der Waals surface area contributed by atoms with Crippen LogP contribution in [0.15, 0.2) is 36.4 Å². The van der Waals surface area contributed by atoms with Gasteiger partial charge in [-0.15, -0.1) is 0 Å². The number of rotatable bonds is 4. The van der Waals surface area contributed by atoms with Crippen molar-refractivity contribution >= 4 is 40.5 Å². The van der Waals surface area contributed by atoms with Crippen molar-refractivity contribution in [1.29, 1.82) is 0 Å². The molecule has 2 N–H and O–H groups in total. The molecule has 2 aromatic rings. The van der Waals surface area contributed by atoms with Crippen LogP contribution < -0.4 is 10.6 Å². The van der Waals surface area contributed by atoms with Crippen LogP contribution >= 0.6 is 23.2 Å². The number of aryl methyl sites for hydroxylation is 2. The summed E-state index contributed by atoms with van der Waals surface area (Å²) in [5.41, 5.74) is 3.64. The second kappa shape index (κ2) is 6.83. The van der Waals surface area contributed by atoms with Gasteiger partial charge in [-0.3, -0.25) is 4.79 Å². The van der Waals surface area contributed by atoms with Crippen LogP contribution in [0.4, 0.5) is 11.4 Å². The van der Waals surface area contributed by atoms with Crippen molar-refractivity contribution in [3.8, 4) is 0 Å². The number of amides is 1. The monoisotopic (exact) mass is 322 g/mol. The Labute approximate surface area is 134 Å². The Hall–Kier alpha value is -1.71. The molecule has 0 aliphatic heterocycles. The molecule has 0 atom stereocenters. The first-order valence-corrected chi connectivity index (χ1v) is 7.27. The van der Waals surface area contributed by atoms with Gasteiger partial charge in [0.15, 0.2) is 0 Å².